The fourth-order valence-corrected chi connectivity index (χ4v) is 2.18. The third-order valence-electron chi connectivity index (χ3n) is 3.26. The van der Waals surface area contributed by atoms with Gasteiger partial charge in [0.1, 0.15) is 5.69 Å². The number of hydrogen-bond donors (Lipinski definition) is 1. The first-order valence-corrected chi connectivity index (χ1v) is 6.76. The third-order valence-corrected chi connectivity index (χ3v) is 3.26. The summed E-state index contributed by atoms with van der Waals surface area (Å²) in [5, 5.41) is 14.6. The number of nitrogens with one attached hydrogen (secondary N) is 1. The van der Waals surface area contributed by atoms with Gasteiger partial charge in [-0.05, 0) is 31.5 Å². The van der Waals surface area contributed by atoms with Gasteiger partial charge in [-0.15, -0.1) is 5.10 Å². The van der Waals surface area contributed by atoms with E-state index in [-0.39, 0.29) is 11.9 Å². The molecule has 1 amide bonds. The second-order valence-corrected chi connectivity index (χ2v) is 4.98. The molecule has 7 heteroatoms. The van der Waals surface area contributed by atoms with Gasteiger partial charge in [0, 0.05) is 12.6 Å². The van der Waals surface area contributed by atoms with Gasteiger partial charge >= 0.3 is 6.01 Å². The number of hydrogen-bond acceptors (Lipinski definition) is 5. The van der Waals surface area contributed by atoms with Crippen molar-refractivity contribution in [2.24, 2.45) is 7.05 Å². The number of aromatic nitrogens is 4. The maximum atomic E-state index is 12.2. The van der Waals surface area contributed by atoms with E-state index in [1.54, 1.807) is 23.9 Å². The quantitative estimate of drug-likeness (QED) is 0.802. The summed E-state index contributed by atoms with van der Waals surface area (Å²) >= 11 is 0. The first-order chi connectivity index (χ1) is 10.5. The van der Waals surface area contributed by atoms with Gasteiger partial charge in [-0.3, -0.25) is 14.8 Å². The second kappa shape index (κ2) is 5.44. The average molecular weight is 297 g/mol. The number of aryl methyl sites for hydroxylation is 3. The van der Waals surface area contributed by atoms with Crippen LogP contribution in [-0.4, -0.2) is 25.9 Å². The van der Waals surface area contributed by atoms with Gasteiger partial charge in [0.05, 0.1) is 5.69 Å². The van der Waals surface area contributed by atoms with E-state index in [2.05, 4.69) is 20.6 Å². The zero-order valence-corrected chi connectivity index (χ0v) is 12.5. The number of carbonyl (C=O) groups excluding carboxylic acids is 1. The van der Waals surface area contributed by atoms with E-state index in [0.29, 0.717) is 17.1 Å². The molecule has 0 radical (unpaired) electrons. The fraction of sp³-hybridized carbons (Fsp3) is 0.200. The molecule has 0 atom stereocenters. The molecular weight excluding hydrogens is 282 g/mol. The van der Waals surface area contributed by atoms with Crippen LogP contribution in [0.25, 0.3) is 11.6 Å². The predicted octanol–water partition coefficient (Wildman–Crippen LogP) is 2.34. The van der Waals surface area contributed by atoms with E-state index in [1.165, 1.54) is 0 Å². The number of nitrogens with zero attached hydrogens (tertiary/aromatic N) is 4. The van der Waals surface area contributed by atoms with Crippen LogP contribution in [0.1, 0.15) is 21.6 Å². The van der Waals surface area contributed by atoms with Crippen molar-refractivity contribution in [3.63, 3.8) is 0 Å². The molecule has 112 valence electrons. The van der Waals surface area contributed by atoms with Crippen molar-refractivity contribution in [3.8, 4) is 11.6 Å². The highest BCUT2D eigenvalue weighted by molar-refractivity contribution is 6.04. The Morgan fingerprint density at radius 2 is 2.00 bits per heavy atom. The average Bonchev–Trinajstić information content (AvgIpc) is 3.05. The van der Waals surface area contributed by atoms with Crippen molar-refractivity contribution in [2.45, 2.75) is 13.8 Å². The van der Waals surface area contributed by atoms with Crippen molar-refractivity contribution in [2.75, 3.05) is 5.32 Å². The maximum absolute atomic E-state index is 12.2. The molecule has 0 fully saturated rings. The molecule has 0 aliphatic rings. The van der Waals surface area contributed by atoms with E-state index in [4.69, 9.17) is 4.42 Å². The Hall–Kier alpha value is -2.96. The van der Waals surface area contributed by atoms with Crippen LogP contribution in [0.3, 0.4) is 0 Å². The Kier molecular flexibility index (Phi) is 3.46. The Morgan fingerprint density at radius 3 is 2.68 bits per heavy atom. The molecular formula is C15H15N5O2. The van der Waals surface area contributed by atoms with Gasteiger partial charge in [-0.25, -0.2) is 0 Å². The smallest absolute Gasteiger partial charge is 0.322 e. The van der Waals surface area contributed by atoms with Crippen molar-refractivity contribution < 1.29 is 9.21 Å². The Balaban J connectivity index is 1.82. The van der Waals surface area contributed by atoms with Crippen LogP contribution in [0.2, 0.25) is 0 Å². The monoisotopic (exact) mass is 297 g/mol. The first-order valence-electron chi connectivity index (χ1n) is 6.76. The lowest BCUT2D eigenvalue weighted by Crippen LogP contribution is -2.13. The SMILES string of the molecule is Cc1cc(-c2nnc(NC(=O)c3ccccc3C)o2)n(C)n1. The van der Waals surface area contributed by atoms with Crippen LogP contribution in [0.15, 0.2) is 34.7 Å². The van der Waals surface area contributed by atoms with Gasteiger partial charge in [0.15, 0.2) is 0 Å². The molecule has 1 aromatic carbocycles. The summed E-state index contributed by atoms with van der Waals surface area (Å²) in [6, 6.07) is 9.18. The highest BCUT2D eigenvalue weighted by Crippen LogP contribution is 2.20. The van der Waals surface area contributed by atoms with E-state index < -0.39 is 0 Å². The lowest BCUT2D eigenvalue weighted by Gasteiger charge is -2.03. The Labute approximate surface area is 127 Å². The highest BCUT2D eigenvalue weighted by Gasteiger charge is 2.16. The Morgan fingerprint density at radius 1 is 1.23 bits per heavy atom. The van der Waals surface area contributed by atoms with Gasteiger partial charge < -0.3 is 4.42 Å². The number of rotatable bonds is 3. The van der Waals surface area contributed by atoms with Crippen LogP contribution in [-0.2, 0) is 7.05 Å². The van der Waals surface area contributed by atoms with Crippen molar-refractivity contribution in [1.29, 1.82) is 0 Å². The van der Waals surface area contributed by atoms with Crippen LogP contribution in [0.4, 0.5) is 6.01 Å². The molecule has 0 saturated carbocycles. The molecule has 1 N–H and O–H groups in total. The number of amides is 1. The molecule has 3 rings (SSSR count). The predicted molar refractivity (Wildman–Crippen MR) is 80.4 cm³/mol. The topological polar surface area (TPSA) is 85.8 Å². The fourth-order valence-electron chi connectivity index (χ4n) is 2.18. The molecule has 2 heterocycles. The molecule has 0 aliphatic carbocycles. The van der Waals surface area contributed by atoms with E-state index in [0.717, 1.165) is 11.3 Å². The Bertz CT molecular complexity index is 834. The van der Waals surface area contributed by atoms with Gasteiger partial charge in [0.2, 0.25) is 0 Å². The summed E-state index contributed by atoms with van der Waals surface area (Å²) in [5.74, 6) is 0.0256. The summed E-state index contributed by atoms with van der Waals surface area (Å²) in [4.78, 5) is 12.2. The van der Waals surface area contributed by atoms with E-state index in [9.17, 15) is 4.79 Å². The number of anilines is 1. The van der Waals surface area contributed by atoms with Crippen LogP contribution in [0, 0.1) is 13.8 Å². The molecule has 0 aliphatic heterocycles. The van der Waals surface area contributed by atoms with Crippen molar-refractivity contribution in [1.82, 2.24) is 20.0 Å². The minimum Gasteiger partial charge on any atom is -0.401 e. The van der Waals surface area contributed by atoms with E-state index >= 15 is 0 Å². The maximum Gasteiger partial charge on any atom is 0.322 e. The highest BCUT2D eigenvalue weighted by atomic mass is 16.4. The third kappa shape index (κ3) is 2.60. The summed E-state index contributed by atoms with van der Waals surface area (Å²) in [6.45, 7) is 3.74. The summed E-state index contributed by atoms with van der Waals surface area (Å²) in [6.07, 6.45) is 0. The van der Waals surface area contributed by atoms with Crippen molar-refractivity contribution in [3.05, 3.63) is 47.2 Å². The lowest BCUT2D eigenvalue weighted by molar-refractivity contribution is 0.102. The first kappa shape index (κ1) is 14.0. The largest absolute Gasteiger partial charge is 0.401 e. The number of benzene rings is 1. The second-order valence-electron chi connectivity index (χ2n) is 4.98. The van der Waals surface area contributed by atoms with Gasteiger partial charge in [-0.2, -0.15) is 5.10 Å². The van der Waals surface area contributed by atoms with Gasteiger partial charge in [0.25, 0.3) is 11.8 Å². The summed E-state index contributed by atoms with van der Waals surface area (Å²) in [7, 11) is 1.79. The van der Waals surface area contributed by atoms with Crippen LogP contribution in [0.5, 0.6) is 0 Å². The van der Waals surface area contributed by atoms with Gasteiger partial charge in [-0.1, -0.05) is 23.3 Å². The summed E-state index contributed by atoms with van der Waals surface area (Å²) in [5.41, 5.74) is 2.99. The van der Waals surface area contributed by atoms with E-state index in [1.807, 2.05) is 32.0 Å². The molecule has 7 nitrogen and oxygen atoms in total. The zero-order valence-electron chi connectivity index (χ0n) is 12.5. The molecule has 0 spiro atoms. The standard InChI is InChI=1S/C15H15N5O2/c1-9-6-4-5-7-11(9)13(21)16-15-18-17-14(22-15)12-8-10(2)19-20(12)3/h4-8H,1-3H3,(H,16,18,21). The minimum atomic E-state index is -0.283. The molecule has 3 aromatic rings. The minimum absolute atomic E-state index is 0.0575. The molecule has 0 unspecified atom stereocenters. The van der Waals surface area contributed by atoms with Crippen LogP contribution >= 0.6 is 0 Å². The zero-order chi connectivity index (χ0) is 15.7. The molecule has 22 heavy (non-hydrogen) atoms. The molecule has 0 saturated heterocycles. The molecule has 0 bridgehead atoms. The summed E-state index contributed by atoms with van der Waals surface area (Å²) < 4.78 is 7.13. The lowest BCUT2D eigenvalue weighted by atomic mass is 10.1. The van der Waals surface area contributed by atoms with Crippen LogP contribution < -0.4 is 5.32 Å². The van der Waals surface area contributed by atoms with Crippen molar-refractivity contribution >= 4 is 11.9 Å². The normalized spacial score (nSPS) is 10.7. The molecule has 2 aromatic heterocycles. The number of carbonyl (C=O) groups is 1.